The smallest absolute Gasteiger partial charge is 0.319 e. The van der Waals surface area contributed by atoms with Crippen LogP contribution in [-0.4, -0.2) is 27.8 Å². The summed E-state index contributed by atoms with van der Waals surface area (Å²) in [5, 5.41) is 0.843. The van der Waals surface area contributed by atoms with Crippen LogP contribution in [0.3, 0.4) is 0 Å². The number of nitrogens with zero attached hydrogens (tertiary/aromatic N) is 1. The van der Waals surface area contributed by atoms with Crippen molar-refractivity contribution in [1.82, 2.24) is 9.97 Å². The first-order valence-electron chi connectivity index (χ1n) is 9.37. The van der Waals surface area contributed by atoms with Crippen LogP contribution in [0.5, 0.6) is 0 Å². The van der Waals surface area contributed by atoms with E-state index in [1.54, 1.807) is 18.3 Å². The Bertz CT molecular complexity index is 843. The monoisotopic (exact) mass is 394 g/mol. The highest BCUT2D eigenvalue weighted by Gasteiger charge is 2.24. The number of aryl methyl sites for hydroxylation is 1. The zero-order valence-corrected chi connectivity index (χ0v) is 17.2. The second-order valence-corrected chi connectivity index (χ2v) is 9.45. The van der Waals surface area contributed by atoms with Crippen LogP contribution in [0.15, 0.2) is 9.95 Å². The molecule has 0 fully saturated rings. The lowest BCUT2D eigenvalue weighted by molar-refractivity contribution is -0.142. The molecular weight excluding hydrogens is 368 g/mol. The minimum Gasteiger partial charge on any atom is -0.465 e. The Morgan fingerprint density at radius 2 is 2.27 bits per heavy atom. The molecule has 2 aromatic heterocycles. The molecule has 0 unspecified atom stereocenters. The number of carbonyl (C=O) groups excluding carboxylic acids is 1. The molecule has 0 aromatic carbocycles. The quantitative estimate of drug-likeness (QED) is 0.328. The van der Waals surface area contributed by atoms with Gasteiger partial charge in [0.15, 0.2) is 5.16 Å². The molecule has 7 heteroatoms. The summed E-state index contributed by atoms with van der Waals surface area (Å²) in [7, 11) is 0. The Morgan fingerprint density at radius 3 is 3.04 bits per heavy atom. The summed E-state index contributed by atoms with van der Waals surface area (Å²) in [5.41, 5.74) is 1.09. The number of hydrogen-bond acceptors (Lipinski definition) is 6. The van der Waals surface area contributed by atoms with Gasteiger partial charge in [-0.3, -0.25) is 9.59 Å². The maximum Gasteiger partial charge on any atom is 0.319 e. The maximum atomic E-state index is 12.6. The molecule has 142 valence electrons. The first-order valence-corrected chi connectivity index (χ1v) is 11.1. The number of thiophene rings is 1. The molecule has 2 atom stereocenters. The molecule has 0 radical (unpaired) electrons. The molecule has 0 spiro atoms. The Labute approximate surface area is 161 Å². The van der Waals surface area contributed by atoms with E-state index in [2.05, 4.69) is 23.8 Å². The normalized spacial score (nSPS) is 17.9. The van der Waals surface area contributed by atoms with E-state index in [4.69, 9.17) is 4.74 Å². The number of aromatic amines is 1. The average molecular weight is 395 g/mol. The van der Waals surface area contributed by atoms with Crippen molar-refractivity contribution >= 4 is 39.3 Å². The molecule has 0 bridgehead atoms. The predicted octanol–water partition coefficient (Wildman–Crippen LogP) is 4.32. The number of thioether (sulfide) groups is 1. The molecule has 26 heavy (non-hydrogen) atoms. The number of rotatable bonds is 7. The van der Waals surface area contributed by atoms with Crippen LogP contribution >= 0.6 is 23.1 Å². The standard InChI is InChI=1S/C19H26N2O3S2/c1-4-5-6-9-24-18(23)12(3)25-19-20-16(22)15-13-8-7-11(2)10-14(13)26-17(15)21-19/h11-12H,4-10H2,1-3H3,(H,20,21,22)/t11-,12+/m1/s1. The number of unbranched alkanes of at least 4 members (excludes halogenated alkanes) is 2. The SMILES string of the molecule is CCCCCOC(=O)[C@H](C)Sc1nc2sc3c(c2c(=O)[nH]1)CC[C@@H](C)C3. The number of fused-ring (bicyclic) bond motifs is 3. The summed E-state index contributed by atoms with van der Waals surface area (Å²) in [5.74, 6) is 0.402. The van der Waals surface area contributed by atoms with Crippen LogP contribution in [-0.2, 0) is 22.4 Å². The minimum absolute atomic E-state index is 0.0898. The lowest BCUT2D eigenvalue weighted by atomic mass is 9.89. The molecular formula is C19H26N2O3S2. The van der Waals surface area contributed by atoms with Gasteiger partial charge >= 0.3 is 5.97 Å². The summed E-state index contributed by atoms with van der Waals surface area (Å²) in [6.45, 7) is 6.61. The van der Waals surface area contributed by atoms with Gasteiger partial charge in [0.05, 0.1) is 12.0 Å². The fraction of sp³-hybridized carbons (Fsp3) is 0.632. The summed E-state index contributed by atoms with van der Waals surface area (Å²) in [4.78, 5) is 34.2. The van der Waals surface area contributed by atoms with Crippen molar-refractivity contribution in [3.63, 3.8) is 0 Å². The van der Waals surface area contributed by atoms with E-state index < -0.39 is 5.25 Å². The van der Waals surface area contributed by atoms with Crippen molar-refractivity contribution in [3.05, 3.63) is 20.8 Å². The van der Waals surface area contributed by atoms with Crippen LogP contribution in [0, 0.1) is 5.92 Å². The van der Waals surface area contributed by atoms with Gasteiger partial charge in [0.2, 0.25) is 0 Å². The summed E-state index contributed by atoms with van der Waals surface area (Å²) < 4.78 is 5.30. The lowest BCUT2D eigenvalue weighted by Gasteiger charge is -2.17. The maximum absolute atomic E-state index is 12.6. The molecule has 5 nitrogen and oxygen atoms in total. The molecule has 1 aliphatic rings. The van der Waals surface area contributed by atoms with Crippen LogP contribution in [0.25, 0.3) is 10.2 Å². The first-order chi connectivity index (χ1) is 12.5. The fourth-order valence-corrected chi connectivity index (χ4v) is 5.48. The molecule has 0 saturated carbocycles. The van der Waals surface area contributed by atoms with E-state index in [1.807, 2.05) is 0 Å². The van der Waals surface area contributed by atoms with Gasteiger partial charge in [0, 0.05) is 4.88 Å². The molecule has 2 heterocycles. The highest BCUT2D eigenvalue weighted by molar-refractivity contribution is 8.00. The van der Waals surface area contributed by atoms with Crippen molar-refractivity contribution in [2.24, 2.45) is 5.92 Å². The fourth-order valence-electron chi connectivity index (χ4n) is 3.24. The zero-order valence-electron chi connectivity index (χ0n) is 15.6. The second-order valence-electron chi connectivity index (χ2n) is 7.04. The van der Waals surface area contributed by atoms with Crippen LogP contribution in [0.4, 0.5) is 0 Å². The van der Waals surface area contributed by atoms with Gasteiger partial charge < -0.3 is 9.72 Å². The van der Waals surface area contributed by atoms with E-state index in [-0.39, 0.29) is 11.5 Å². The minimum atomic E-state index is -0.396. The van der Waals surface area contributed by atoms with Gasteiger partial charge in [-0.1, -0.05) is 38.5 Å². The van der Waals surface area contributed by atoms with E-state index in [1.165, 1.54) is 22.2 Å². The van der Waals surface area contributed by atoms with Gasteiger partial charge in [-0.15, -0.1) is 11.3 Å². The summed E-state index contributed by atoms with van der Waals surface area (Å²) in [6, 6.07) is 0. The van der Waals surface area contributed by atoms with Gasteiger partial charge in [-0.25, -0.2) is 4.98 Å². The summed E-state index contributed by atoms with van der Waals surface area (Å²) in [6.07, 6.45) is 6.14. The number of hydrogen-bond donors (Lipinski definition) is 1. The number of ether oxygens (including phenoxy) is 1. The Hall–Kier alpha value is -1.34. The molecule has 0 saturated heterocycles. The Balaban J connectivity index is 1.73. The molecule has 0 amide bonds. The van der Waals surface area contributed by atoms with Crippen molar-refractivity contribution in [2.75, 3.05) is 6.61 Å². The van der Waals surface area contributed by atoms with E-state index in [9.17, 15) is 9.59 Å². The molecule has 3 rings (SSSR count). The third-order valence-corrected chi connectivity index (χ3v) is 6.87. The third kappa shape index (κ3) is 4.31. The third-order valence-electron chi connectivity index (χ3n) is 4.76. The largest absolute Gasteiger partial charge is 0.465 e. The number of esters is 1. The zero-order chi connectivity index (χ0) is 18.7. The van der Waals surface area contributed by atoms with Crippen molar-refractivity contribution in [1.29, 1.82) is 0 Å². The Kier molecular flexibility index (Phi) is 6.40. The average Bonchev–Trinajstić information content (AvgIpc) is 2.96. The molecule has 2 aromatic rings. The van der Waals surface area contributed by atoms with Gasteiger partial charge in [0.1, 0.15) is 10.1 Å². The first kappa shape index (κ1) is 19.4. The van der Waals surface area contributed by atoms with Crippen LogP contribution in [0.1, 0.15) is 56.9 Å². The number of H-pyrrole nitrogens is 1. The van der Waals surface area contributed by atoms with Gasteiger partial charge in [0.25, 0.3) is 5.56 Å². The highest BCUT2D eigenvalue weighted by Crippen LogP contribution is 2.36. The van der Waals surface area contributed by atoms with Crippen molar-refractivity contribution in [2.45, 2.75) is 69.7 Å². The van der Waals surface area contributed by atoms with Crippen molar-refractivity contribution < 1.29 is 9.53 Å². The van der Waals surface area contributed by atoms with E-state index in [0.29, 0.717) is 17.7 Å². The number of aromatic nitrogens is 2. The highest BCUT2D eigenvalue weighted by atomic mass is 32.2. The predicted molar refractivity (Wildman–Crippen MR) is 107 cm³/mol. The molecule has 1 aliphatic carbocycles. The van der Waals surface area contributed by atoms with Crippen LogP contribution in [0.2, 0.25) is 0 Å². The molecule has 0 aliphatic heterocycles. The number of nitrogens with one attached hydrogen (secondary N) is 1. The topological polar surface area (TPSA) is 72.0 Å². The molecule has 1 N–H and O–H groups in total. The lowest BCUT2D eigenvalue weighted by Crippen LogP contribution is -2.19. The van der Waals surface area contributed by atoms with E-state index >= 15 is 0 Å². The second kappa shape index (κ2) is 8.57. The van der Waals surface area contributed by atoms with Crippen LogP contribution < -0.4 is 5.56 Å². The Morgan fingerprint density at radius 1 is 1.46 bits per heavy atom. The van der Waals surface area contributed by atoms with Gasteiger partial charge in [-0.2, -0.15) is 0 Å². The summed E-state index contributed by atoms with van der Waals surface area (Å²) >= 11 is 2.88. The van der Waals surface area contributed by atoms with Gasteiger partial charge in [-0.05, 0) is 44.1 Å². The number of carbonyl (C=O) groups is 1. The van der Waals surface area contributed by atoms with Crippen molar-refractivity contribution in [3.8, 4) is 0 Å². The van der Waals surface area contributed by atoms with E-state index in [0.717, 1.165) is 48.7 Å².